The second kappa shape index (κ2) is 5.64. The topological polar surface area (TPSA) is 15.3 Å². The molecule has 2 atom stereocenters. The van der Waals surface area contributed by atoms with Crippen molar-refractivity contribution in [2.24, 2.45) is 5.92 Å². The molecule has 1 aliphatic carbocycles. The fourth-order valence-corrected chi connectivity index (χ4v) is 3.72. The van der Waals surface area contributed by atoms with Gasteiger partial charge in [0.2, 0.25) is 0 Å². The van der Waals surface area contributed by atoms with Crippen LogP contribution in [-0.2, 0) is 0 Å². The molecule has 2 fully saturated rings. The standard InChI is InChI=1S/C19H30N2/c1-5-17-12-20-19(4,16-9-10-16)13-21(17)18-8-6-7-15(11-18)14(2)3/h6-8,11,14,16-17,20H,5,9-10,12-13H2,1-4H3. The second-order valence-corrected chi connectivity index (χ2v) is 7.51. The monoisotopic (exact) mass is 286 g/mol. The van der Waals surface area contributed by atoms with Gasteiger partial charge in [0.25, 0.3) is 0 Å². The van der Waals surface area contributed by atoms with Gasteiger partial charge in [-0.2, -0.15) is 0 Å². The summed E-state index contributed by atoms with van der Waals surface area (Å²) in [4.78, 5) is 2.67. The lowest BCUT2D eigenvalue weighted by Crippen LogP contribution is -2.64. The van der Waals surface area contributed by atoms with E-state index in [4.69, 9.17) is 0 Å². The van der Waals surface area contributed by atoms with Crippen LogP contribution in [0.4, 0.5) is 5.69 Å². The van der Waals surface area contributed by atoms with Crippen molar-refractivity contribution in [1.29, 1.82) is 0 Å². The Hall–Kier alpha value is -1.02. The second-order valence-electron chi connectivity index (χ2n) is 7.51. The molecule has 2 nitrogen and oxygen atoms in total. The Labute approximate surface area is 129 Å². The minimum absolute atomic E-state index is 0.305. The number of nitrogens with one attached hydrogen (secondary N) is 1. The highest BCUT2D eigenvalue weighted by atomic mass is 15.3. The fourth-order valence-electron chi connectivity index (χ4n) is 3.72. The summed E-state index contributed by atoms with van der Waals surface area (Å²) >= 11 is 0. The maximum Gasteiger partial charge on any atom is 0.0412 e. The van der Waals surface area contributed by atoms with E-state index in [0.717, 1.165) is 19.0 Å². The molecule has 0 aromatic heterocycles. The van der Waals surface area contributed by atoms with Crippen molar-refractivity contribution in [2.45, 2.75) is 64.5 Å². The lowest BCUT2D eigenvalue weighted by Gasteiger charge is -2.48. The first-order valence-corrected chi connectivity index (χ1v) is 8.65. The van der Waals surface area contributed by atoms with Crippen molar-refractivity contribution in [3.05, 3.63) is 29.8 Å². The van der Waals surface area contributed by atoms with Gasteiger partial charge in [0, 0.05) is 30.4 Å². The molecule has 2 heteroatoms. The summed E-state index contributed by atoms with van der Waals surface area (Å²) in [5.41, 5.74) is 3.18. The highest BCUT2D eigenvalue weighted by Gasteiger charge is 2.45. The van der Waals surface area contributed by atoms with Gasteiger partial charge in [0.1, 0.15) is 0 Å². The number of hydrogen-bond acceptors (Lipinski definition) is 2. The summed E-state index contributed by atoms with van der Waals surface area (Å²) in [5.74, 6) is 1.48. The molecular weight excluding hydrogens is 256 g/mol. The number of benzene rings is 1. The van der Waals surface area contributed by atoms with Gasteiger partial charge < -0.3 is 10.2 Å². The molecule has 2 aliphatic rings. The normalized spacial score (nSPS) is 30.0. The van der Waals surface area contributed by atoms with Crippen LogP contribution in [0.1, 0.15) is 58.4 Å². The largest absolute Gasteiger partial charge is 0.365 e. The Morgan fingerprint density at radius 2 is 2.10 bits per heavy atom. The summed E-state index contributed by atoms with van der Waals surface area (Å²) in [6, 6.07) is 9.82. The minimum atomic E-state index is 0.305. The van der Waals surface area contributed by atoms with E-state index in [1.807, 2.05) is 0 Å². The van der Waals surface area contributed by atoms with E-state index in [9.17, 15) is 0 Å². The van der Waals surface area contributed by atoms with Crippen molar-refractivity contribution in [1.82, 2.24) is 5.32 Å². The van der Waals surface area contributed by atoms with Crippen LogP contribution < -0.4 is 10.2 Å². The van der Waals surface area contributed by atoms with Gasteiger partial charge in [-0.25, -0.2) is 0 Å². The third-order valence-corrected chi connectivity index (χ3v) is 5.50. The number of rotatable bonds is 4. The number of hydrogen-bond donors (Lipinski definition) is 1. The zero-order valence-electron chi connectivity index (χ0n) is 14.0. The lowest BCUT2D eigenvalue weighted by molar-refractivity contribution is 0.252. The van der Waals surface area contributed by atoms with Crippen LogP contribution in [0, 0.1) is 5.92 Å². The molecule has 1 aromatic rings. The van der Waals surface area contributed by atoms with Gasteiger partial charge >= 0.3 is 0 Å². The predicted octanol–water partition coefficient (Wildman–Crippen LogP) is 4.17. The van der Waals surface area contributed by atoms with Crippen LogP contribution in [-0.4, -0.2) is 24.7 Å². The van der Waals surface area contributed by atoms with Gasteiger partial charge in [-0.15, -0.1) is 0 Å². The van der Waals surface area contributed by atoms with Crippen LogP contribution in [0.25, 0.3) is 0 Å². The molecule has 3 rings (SSSR count). The van der Waals surface area contributed by atoms with Gasteiger partial charge in [-0.3, -0.25) is 0 Å². The van der Waals surface area contributed by atoms with Gasteiger partial charge in [0.15, 0.2) is 0 Å². The van der Waals surface area contributed by atoms with Crippen LogP contribution in [0.3, 0.4) is 0 Å². The fraction of sp³-hybridized carbons (Fsp3) is 0.684. The molecule has 1 aliphatic heterocycles. The summed E-state index contributed by atoms with van der Waals surface area (Å²) < 4.78 is 0. The zero-order chi connectivity index (χ0) is 15.0. The quantitative estimate of drug-likeness (QED) is 0.894. The summed E-state index contributed by atoms with van der Waals surface area (Å²) in [5, 5.41) is 3.85. The Bertz CT molecular complexity index is 492. The summed E-state index contributed by atoms with van der Waals surface area (Å²) in [6.07, 6.45) is 4.01. The third-order valence-electron chi connectivity index (χ3n) is 5.50. The molecule has 2 unspecified atom stereocenters. The average Bonchev–Trinajstić information content (AvgIpc) is 3.32. The molecule has 0 bridgehead atoms. The maximum atomic E-state index is 3.85. The van der Waals surface area contributed by atoms with Crippen LogP contribution in [0.15, 0.2) is 24.3 Å². The Kier molecular flexibility index (Phi) is 4.00. The summed E-state index contributed by atoms with van der Waals surface area (Å²) in [7, 11) is 0. The number of nitrogens with zero attached hydrogens (tertiary/aromatic N) is 1. The molecule has 1 saturated heterocycles. The molecule has 21 heavy (non-hydrogen) atoms. The van der Waals surface area contributed by atoms with Crippen molar-refractivity contribution in [3.8, 4) is 0 Å². The molecule has 0 radical (unpaired) electrons. The average molecular weight is 286 g/mol. The van der Waals surface area contributed by atoms with Gasteiger partial charge in [0.05, 0.1) is 0 Å². The molecule has 0 spiro atoms. The van der Waals surface area contributed by atoms with Crippen molar-refractivity contribution >= 4 is 5.69 Å². The van der Waals surface area contributed by atoms with Crippen molar-refractivity contribution in [3.63, 3.8) is 0 Å². The first-order chi connectivity index (χ1) is 10.0. The third kappa shape index (κ3) is 2.96. The molecule has 0 amide bonds. The van der Waals surface area contributed by atoms with Crippen LogP contribution in [0.5, 0.6) is 0 Å². The first-order valence-electron chi connectivity index (χ1n) is 8.65. The van der Waals surface area contributed by atoms with E-state index in [1.54, 1.807) is 0 Å². The van der Waals surface area contributed by atoms with E-state index < -0.39 is 0 Å². The van der Waals surface area contributed by atoms with Crippen LogP contribution >= 0.6 is 0 Å². The van der Waals surface area contributed by atoms with E-state index in [-0.39, 0.29) is 0 Å². The molecule has 116 valence electrons. The predicted molar refractivity (Wildman–Crippen MR) is 91.1 cm³/mol. The minimum Gasteiger partial charge on any atom is -0.365 e. The van der Waals surface area contributed by atoms with Crippen molar-refractivity contribution in [2.75, 3.05) is 18.0 Å². The molecule has 1 saturated carbocycles. The molecule has 1 aromatic carbocycles. The Morgan fingerprint density at radius 1 is 1.33 bits per heavy atom. The SMILES string of the molecule is CCC1CNC(C)(C2CC2)CN1c1cccc(C(C)C)c1. The molecule has 1 N–H and O–H groups in total. The molecule has 1 heterocycles. The molecular formula is C19H30N2. The van der Waals surface area contributed by atoms with Gasteiger partial charge in [-0.1, -0.05) is 32.9 Å². The van der Waals surface area contributed by atoms with E-state index in [0.29, 0.717) is 17.5 Å². The maximum absolute atomic E-state index is 3.85. The number of piperazine rings is 1. The van der Waals surface area contributed by atoms with E-state index in [1.165, 1.54) is 30.5 Å². The highest BCUT2D eigenvalue weighted by Crippen LogP contribution is 2.42. The van der Waals surface area contributed by atoms with E-state index >= 15 is 0 Å². The van der Waals surface area contributed by atoms with E-state index in [2.05, 4.69) is 62.2 Å². The van der Waals surface area contributed by atoms with Gasteiger partial charge in [-0.05, 0) is 55.7 Å². The highest BCUT2D eigenvalue weighted by molar-refractivity contribution is 5.51. The number of anilines is 1. The summed E-state index contributed by atoms with van der Waals surface area (Å²) in [6.45, 7) is 11.6. The first kappa shape index (κ1) is 14.9. The Morgan fingerprint density at radius 3 is 2.71 bits per heavy atom. The van der Waals surface area contributed by atoms with Crippen LogP contribution in [0.2, 0.25) is 0 Å². The Balaban J connectivity index is 1.87. The zero-order valence-corrected chi connectivity index (χ0v) is 14.0. The van der Waals surface area contributed by atoms with Crippen molar-refractivity contribution < 1.29 is 0 Å². The lowest BCUT2D eigenvalue weighted by atomic mass is 9.89. The smallest absolute Gasteiger partial charge is 0.0412 e.